The topological polar surface area (TPSA) is 95.8 Å². The van der Waals surface area contributed by atoms with Crippen molar-refractivity contribution in [3.05, 3.63) is 12.4 Å². The Labute approximate surface area is 95.5 Å². The van der Waals surface area contributed by atoms with E-state index in [9.17, 15) is 9.90 Å². The number of amides is 1. The van der Waals surface area contributed by atoms with Crippen molar-refractivity contribution in [2.45, 2.75) is 25.4 Å². The van der Waals surface area contributed by atoms with Crippen LogP contribution < -0.4 is 11.6 Å². The van der Waals surface area contributed by atoms with Crippen molar-refractivity contribution < 1.29 is 9.90 Å². The molecule has 0 aromatic carbocycles. The Bertz CT molecular complexity index is 249. The zero-order valence-electron chi connectivity index (χ0n) is 9.38. The third-order valence-electron chi connectivity index (χ3n) is 2.68. The Hall–Kier alpha value is -1.27. The molecule has 0 aliphatic carbocycles. The lowest BCUT2D eigenvalue weighted by Crippen LogP contribution is -2.41. The number of aliphatic hydroxyl groups is 1. The Kier molecular flexibility index (Phi) is 5.07. The smallest absolute Gasteiger partial charge is 0.224 e. The first-order valence-corrected chi connectivity index (χ1v) is 5.49. The van der Waals surface area contributed by atoms with Gasteiger partial charge >= 0.3 is 0 Å². The van der Waals surface area contributed by atoms with E-state index in [0.29, 0.717) is 38.9 Å². The zero-order valence-corrected chi connectivity index (χ0v) is 9.38. The standard InChI is InChI=1S/C10H20N4O2/c11-4-8-14(12)7-3-10(16)13-5-1-9(15)2-6-13/h4,8-9,15H,1-3,5-7,11-12H2/b8-4-. The number of carbonyl (C=O) groups excluding carboxylic acids is 1. The summed E-state index contributed by atoms with van der Waals surface area (Å²) in [7, 11) is 0. The highest BCUT2D eigenvalue weighted by atomic mass is 16.3. The van der Waals surface area contributed by atoms with Crippen molar-refractivity contribution in [1.29, 1.82) is 0 Å². The molecule has 1 rings (SSSR count). The van der Waals surface area contributed by atoms with Gasteiger partial charge in [-0.1, -0.05) is 0 Å². The predicted octanol–water partition coefficient (Wildman–Crippen LogP) is -1.03. The van der Waals surface area contributed by atoms with Crippen molar-refractivity contribution in [3.8, 4) is 0 Å². The molecule has 0 atom stereocenters. The van der Waals surface area contributed by atoms with Crippen LogP contribution in [0.4, 0.5) is 0 Å². The molecule has 0 aromatic heterocycles. The molecule has 0 spiro atoms. The number of piperidine rings is 1. The summed E-state index contributed by atoms with van der Waals surface area (Å²) in [5, 5.41) is 10.7. The molecule has 0 aromatic rings. The number of carbonyl (C=O) groups is 1. The lowest BCUT2D eigenvalue weighted by atomic mass is 10.1. The van der Waals surface area contributed by atoms with Gasteiger partial charge in [-0.2, -0.15) is 0 Å². The highest BCUT2D eigenvalue weighted by Crippen LogP contribution is 2.10. The molecule has 6 nitrogen and oxygen atoms in total. The van der Waals surface area contributed by atoms with Gasteiger partial charge in [-0.05, 0) is 12.8 Å². The molecular formula is C10H20N4O2. The lowest BCUT2D eigenvalue weighted by Gasteiger charge is -2.30. The second kappa shape index (κ2) is 6.34. The SMILES string of the molecule is N/C=C\N(N)CCC(=O)N1CCC(O)CC1. The van der Waals surface area contributed by atoms with Crippen LogP contribution in [-0.4, -0.2) is 46.7 Å². The molecule has 0 unspecified atom stereocenters. The number of nitrogens with zero attached hydrogens (tertiary/aromatic N) is 2. The molecule has 0 saturated carbocycles. The summed E-state index contributed by atoms with van der Waals surface area (Å²) in [6.45, 7) is 1.72. The number of rotatable bonds is 4. The van der Waals surface area contributed by atoms with E-state index >= 15 is 0 Å². The van der Waals surface area contributed by atoms with Crippen LogP contribution in [0.2, 0.25) is 0 Å². The van der Waals surface area contributed by atoms with Crippen LogP contribution in [-0.2, 0) is 4.79 Å². The van der Waals surface area contributed by atoms with E-state index in [1.54, 1.807) is 4.90 Å². The van der Waals surface area contributed by atoms with Crippen molar-refractivity contribution in [2.24, 2.45) is 11.6 Å². The van der Waals surface area contributed by atoms with E-state index in [0.717, 1.165) is 0 Å². The normalized spacial score (nSPS) is 18.0. The van der Waals surface area contributed by atoms with Crippen molar-refractivity contribution in [1.82, 2.24) is 9.91 Å². The third kappa shape index (κ3) is 4.08. The molecule has 1 saturated heterocycles. The maximum atomic E-state index is 11.7. The molecule has 6 heteroatoms. The number of hydrazine groups is 1. The molecule has 1 aliphatic heterocycles. The summed E-state index contributed by atoms with van der Waals surface area (Å²) in [6.07, 6.45) is 4.31. The van der Waals surface area contributed by atoms with Crippen LogP contribution in [0, 0.1) is 0 Å². The number of likely N-dealkylation sites (tertiary alicyclic amines) is 1. The Balaban J connectivity index is 2.24. The van der Waals surface area contributed by atoms with Gasteiger partial charge in [0.15, 0.2) is 0 Å². The lowest BCUT2D eigenvalue weighted by molar-refractivity contribution is -0.133. The molecule has 92 valence electrons. The monoisotopic (exact) mass is 228 g/mol. The predicted molar refractivity (Wildman–Crippen MR) is 60.7 cm³/mol. The first-order chi connectivity index (χ1) is 7.63. The van der Waals surface area contributed by atoms with Crippen LogP contribution in [0.15, 0.2) is 12.4 Å². The molecule has 1 aliphatic rings. The zero-order chi connectivity index (χ0) is 12.0. The van der Waals surface area contributed by atoms with Crippen molar-refractivity contribution in [3.63, 3.8) is 0 Å². The quantitative estimate of drug-likeness (QED) is 0.422. The highest BCUT2D eigenvalue weighted by Gasteiger charge is 2.20. The van der Waals surface area contributed by atoms with E-state index in [-0.39, 0.29) is 12.0 Å². The summed E-state index contributed by atoms with van der Waals surface area (Å²) < 4.78 is 0. The third-order valence-corrected chi connectivity index (χ3v) is 2.68. The number of hydrogen-bond donors (Lipinski definition) is 3. The van der Waals surface area contributed by atoms with Crippen LogP contribution in [0.25, 0.3) is 0 Å². The van der Waals surface area contributed by atoms with Gasteiger partial charge < -0.3 is 20.7 Å². The molecule has 0 radical (unpaired) electrons. The molecule has 5 N–H and O–H groups in total. The van der Waals surface area contributed by atoms with Gasteiger partial charge in [-0.15, -0.1) is 0 Å². The Morgan fingerprint density at radius 2 is 2.12 bits per heavy atom. The van der Waals surface area contributed by atoms with E-state index < -0.39 is 0 Å². The van der Waals surface area contributed by atoms with Crippen LogP contribution >= 0.6 is 0 Å². The van der Waals surface area contributed by atoms with E-state index in [1.807, 2.05) is 0 Å². The fraction of sp³-hybridized carbons (Fsp3) is 0.700. The van der Waals surface area contributed by atoms with Gasteiger partial charge in [0.05, 0.1) is 6.10 Å². The van der Waals surface area contributed by atoms with E-state index in [1.165, 1.54) is 17.4 Å². The van der Waals surface area contributed by atoms with E-state index in [2.05, 4.69) is 0 Å². The molecule has 1 heterocycles. The van der Waals surface area contributed by atoms with Crippen molar-refractivity contribution in [2.75, 3.05) is 19.6 Å². The molecule has 1 amide bonds. The van der Waals surface area contributed by atoms with Crippen LogP contribution in [0.1, 0.15) is 19.3 Å². The highest BCUT2D eigenvalue weighted by molar-refractivity contribution is 5.76. The average Bonchev–Trinajstić information content (AvgIpc) is 2.27. The van der Waals surface area contributed by atoms with Crippen molar-refractivity contribution >= 4 is 5.91 Å². The minimum atomic E-state index is -0.254. The van der Waals surface area contributed by atoms with Crippen LogP contribution in [0.3, 0.4) is 0 Å². The number of aliphatic hydroxyl groups excluding tert-OH is 1. The first kappa shape index (κ1) is 12.8. The summed E-state index contributed by atoms with van der Waals surface area (Å²) in [4.78, 5) is 13.5. The van der Waals surface area contributed by atoms with Gasteiger partial charge in [0.1, 0.15) is 0 Å². The summed E-state index contributed by atoms with van der Waals surface area (Å²) in [5.74, 6) is 5.62. The average molecular weight is 228 g/mol. The fourth-order valence-corrected chi connectivity index (χ4v) is 1.68. The van der Waals surface area contributed by atoms with Gasteiger partial charge in [0.2, 0.25) is 5.91 Å². The maximum absolute atomic E-state index is 11.7. The Morgan fingerprint density at radius 1 is 1.50 bits per heavy atom. The number of hydrogen-bond acceptors (Lipinski definition) is 5. The Morgan fingerprint density at radius 3 is 2.69 bits per heavy atom. The fourth-order valence-electron chi connectivity index (χ4n) is 1.68. The summed E-state index contributed by atoms with van der Waals surface area (Å²) in [5.41, 5.74) is 5.17. The second-order valence-electron chi connectivity index (χ2n) is 3.94. The van der Waals surface area contributed by atoms with Crippen LogP contribution in [0.5, 0.6) is 0 Å². The maximum Gasteiger partial charge on any atom is 0.224 e. The van der Waals surface area contributed by atoms with Gasteiger partial charge in [-0.25, -0.2) is 5.84 Å². The summed E-state index contributed by atoms with van der Waals surface area (Å²) >= 11 is 0. The largest absolute Gasteiger partial charge is 0.403 e. The molecule has 16 heavy (non-hydrogen) atoms. The minimum absolute atomic E-state index is 0.0766. The van der Waals surface area contributed by atoms with Gasteiger partial charge in [0, 0.05) is 38.5 Å². The first-order valence-electron chi connectivity index (χ1n) is 5.49. The molecule has 1 fully saturated rings. The van der Waals surface area contributed by atoms with Gasteiger partial charge in [0.25, 0.3) is 0 Å². The van der Waals surface area contributed by atoms with Gasteiger partial charge in [-0.3, -0.25) is 4.79 Å². The molecular weight excluding hydrogens is 208 g/mol. The molecule has 0 bridgehead atoms. The van der Waals surface area contributed by atoms with E-state index in [4.69, 9.17) is 11.6 Å². The second-order valence-corrected chi connectivity index (χ2v) is 3.94. The summed E-state index contributed by atoms with van der Waals surface area (Å²) in [6, 6.07) is 0. The minimum Gasteiger partial charge on any atom is -0.403 e. The number of nitrogens with two attached hydrogens (primary N) is 2.